The lowest BCUT2D eigenvalue weighted by Gasteiger charge is -2.32. The molecule has 1 amide bonds. The molecule has 0 radical (unpaired) electrons. The summed E-state index contributed by atoms with van der Waals surface area (Å²) in [6.45, 7) is 2.80. The van der Waals surface area contributed by atoms with Gasteiger partial charge >= 0.3 is 5.97 Å². The van der Waals surface area contributed by atoms with E-state index in [9.17, 15) is 14.7 Å². The van der Waals surface area contributed by atoms with Crippen molar-refractivity contribution in [1.82, 2.24) is 10.1 Å². The van der Waals surface area contributed by atoms with Gasteiger partial charge in [0.15, 0.2) is 0 Å². The molecule has 3 aromatic rings. The minimum atomic E-state index is -0.694. The highest BCUT2D eigenvalue weighted by atomic mass is 32.2. The van der Waals surface area contributed by atoms with Gasteiger partial charge in [-0.2, -0.15) is 0 Å². The van der Waals surface area contributed by atoms with Crippen LogP contribution in [0, 0.1) is 0 Å². The molecule has 1 aromatic heterocycles. The molecule has 2 heterocycles. The van der Waals surface area contributed by atoms with Gasteiger partial charge in [-0.05, 0) is 42.7 Å². The van der Waals surface area contributed by atoms with E-state index in [1.54, 1.807) is 58.3 Å². The van der Waals surface area contributed by atoms with E-state index in [2.05, 4.69) is 10.1 Å². The topological polar surface area (TPSA) is 99.3 Å². The van der Waals surface area contributed by atoms with Crippen molar-refractivity contribution in [2.75, 3.05) is 11.2 Å². The molecule has 0 bridgehead atoms. The molecule has 0 saturated carbocycles. The monoisotopic (exact) mass is 422 g/mol. The van der Waals surface area contributed by atoms with Gasteiger partial charge in [0, 0.05) is 24.5 Å². The first kappa shape index (κ1) is 19.8. The number of amides is 1. The van der Waals surface area contributed by atoms with E-state index < -0.39 is 18.0 Å². The average molecular weight is 422 g/mol. The number of benzene rings is 2. The second-order valence-electron chi connectivity index (χ2n) is 6.64. The quantitative estimate of drug-likeness (QED) is 0.276. The Morgan fingerprint density at radius 1 is 1.13 bits per heavy atom. The van der Waals surface area contributed by atoms with Gasteiger partial charge in [-0.3, -0.25) is 9.59 Å². The first-order valence-corrected chi connectivity index (χ1v) is 10.4. The number of para-hydroxylation sites is 1. The van der Waals surface area contributed by atoms with Gasteiger partial charge in [-0.1, -0.05) is 28.6 Å². The highest BCUT2D eigenvalue weighted by molar-refractivity contribution is 7.98. The fraction of sp³-hybridized carbons (Fsp3) is 0.190. The molecule has 1 atom stereocenters. The van der Waals surface area contributed by atoms with Crippen LogP contribution in [0.1, 0.15) is 25.6 Å². The van der Waals surface area contributed by atoms with Crippen molar-refractivity contribution >= 4 is 29.3 Å². The fourth-order valence-electron chi connectivity index (χ4n) is 3.54. The van der Waals surface area contributed by atoms with E-state index in [4.69, 9.17) is 4.74 Å². The van der Waals surface area contributed by atoms with Gasteiger partial charge in [0.05, 0.1) is 17.1 Å². The van der Waals surface area contributed by atoms with Crippen molar-refractivity contribution in [2.45, 2.75) is 25.2 Å². The van der Waals surface area contributed by atoms with Crippen LogP contribution in [0.4, 0.5) is 5.69 Å². The molecule has 1 unspecified atom stereocenters. The Bertz CT molecular complexity index is 1150. The maximum atomic E-state index is 12.9. The van der Waals surface area contributed by atoms with E-state index in [0.29, 0.717) is 33.4 Å². The third-order valence-electron chi connectivity index (χ3n) is 4.68. The maximum Gasteiger partial charge on any atom is 0.308 e. The second-order valence-corrected chi connectivity index (χ2v) is 7.41. The average Bonchev–Trinajstić information content (AvgIpc) is 2.72. The van der Waals surface area contributed by atoms with Crippen molar-refractivity contribution in [3.05, 3.63) is 54.1 Å². The number of thioether (sulfide) groups is 1. The van der Waals surface area contributed by atoms with Gasteiger partial charge in [0.25, 0.3) is 17.0 Å². The van der Waals surface area contributed by atoms with Crippen molar-refractivity contribution in [2.24, 2.45) is 0 Å². The smallest absolute Gasteiger partial charge is 0.308 e. The zero-order chi connectivity index (χ0) is 21.4. The van der Waals surface area contributed by atoms with Crippen molar-refractivity contribution in [1.29, 1.82) is 0 Å². The standard InChI is InChI=1S/C21H18N4O4S/c1-12(26)24-17-7-5-4-6-16(17)18-19(28)22-21(30-3)23-25(18)20(24)14-8-10-15(11-9-14)29-13(2)27/h4-11,20H,1-3H3. The van der Waals surface area contributed by atoms with Crippen molar-refractivity contribution in [3.8, 4) is 22.9 Å². The lowest BCUT2D eigenvalue weighted by Crippen LogP contribution is -2.58. The van der Waals surface area contributed by atoms with Gasteiger partial charge in [-0.25, -0.2) is 9.88 Å². The summed E-state index contributed by atoms with van der Waals surface area (Å²) in [5.41, 5.74) is 2.22. The summed E-state index contributed by atoms with van der Waals surface area (Å²) in [4.78, 5) is 29.6. The highest BCUT2D eigenvalue weighted by Crippen LogP contribution is 2.40. The van der Waals surface area contributed by atoms with Crippen LogP contribution in [0.15, 0.2) is 53.7 Å². The zero-order valence-electron chi connectivity index (χ0n) is 16.5. The minimum absolute atomic E-state index is 0.202. The van der Waals surface area contributed by atoms with Gasteiger partial charge in [-0.15, -0.1) is 0 Å². The Morgan fingerprint density at radius 3 is 2.47 bits per heavy atom. The normalized spacial score (nSPS) is 14.6. The number of hydrogen-bond acceptors (Lipinski definition) is 7. The molecule has 0 fully saturated rings. The summed E-state index contributed by atoms with van der Waals surface area (Å²) in [5, 5.41) is 17.7. The van der Waals surface area contributed by atoms with Gasteiger partial charge in [0.2, 0.25) is 5.91 Å². The van der Waals surface area contributed by atoms with Crippen LogP contribution in [-0.4, -0.2) is 28.2 Å². The number of hydrogen-bond donors (Lipinski definition) is 0. The van der Waals surface area contributed by atoms with E-state index in [1.807, 2.05) is 6.07 Å². The molecule has 1 aliphatic rings. The molecule has 1 aliphatic heterocycles. The van der Waals surface area contributed by atoms with Crippen molar-refractivity contribution in [3.63, 3.8) is 0 Å². The lowest BCUT2D eigenvalue weighted by molar-refractivity contribution is -0.764. The first-order chi connectivity index (χ1) is 14.4. The Hall–Kier alpha value is -3.46. The number of rotatable bonds is 3. The number of fused-ring (bicyclic) bond motifs is 3. The van der Waals surface area contributed by atoms with E-state index >= 15 is 0 Å². The molecule has 152 valence electrons. The number of esters is 1. The molecular weight excluding hydrogens is 404 g/mol. The third kappa shape index (κ3) is 3.37. The molecule has 0 spiro atoms. The molecule has 0 N–H and O–H groups in total. The number of anilines is 1. The number of ether oxygens (including phenoxy) is 1. The van der Waals surface area contributed by atoms with Crippen LogP contribution >= 0.6 is 11.8 Å². The molecule has 8 nitrogen and oxygen atoms in total. The summed E-state index contributed by atoms with van der Waals surface area (Å²) in [7, 11) is 0. The highest BCUT2D eigenvalue weighted by Gasteiger charge is 2.43. The number of carbonyl (C=O) groups is 2. The Kier molecular flexibility index (Phi) is 5.13. The summed E-state index contributed by atoms with van der Waals surface area (Å²) in [5.74, 6) is -0.648. The lowest BCUT2D eigenvalue weighted by atomic mass is 10.0. The zero-order valence-corrected chi connectivity index (χ0v) is 17.3. The van der Waals surface area contributed by atoms with E-state index in [-0.39, 0.29) is 5.91 Å². The maximum absolute atomic E-state index is 12.9. The summed E-state index contributed by atoms with van der Waals surface area (Å²) in [6.07, 6.45) is 1.09. The number of nitrogens with zero attached hydrogens (tertiary/aromatic N) is 4. The van der Waals surface area contributed by atoms with Gasteiger partial charge in [0.1, 0.15) is 5.75 Å². The molecule has 30 heavy (non-hydrogen) atoms. The Labute approximate surface area is 177 Å². The predicted octanol–water partition coefficient (Wildman–Crippen LogP) is 2.07. The number of carbonyl (C=O) groups excluding carboxylic acids is 2. The van der Waals surface area contributed by atoms with Crippen LogP contribution in [0.3, 0.4) is 0 Å². The number of aromatic nitrogens is 3. The van der Waals surface area contributed by atoms with Crippen LogP contribution in [-0.2, 0) is 9.59 Å². The fourth-order valence-corrected chi connectivity index (χ4v) is 3.88. The Balaban J connectivity index is 1.96. The molecule has 4 rings (SSSR count). The largest absolute Gasteiger partial charge is 0.854 e. The molecule has 0 aliphatic carbocycles. The molecular formula is C21H18N4O4S. The molecule has 2 aromatic carbocycles. The molecule has 0 saturated heterocycles. The van der Waals surface area contributed by atoms with Crippen LogP contribution in [0.25, 0.3) is 11.3 Å². The SMILES string of the molecule is CSc1nc([O-])c2[n+](n1)C(c1ccc(OC(C)=O)cc1)N(C(C)=O)c1ccccc1-2. The minimum Gasteiger partial charge on any atom is -0.854 e. The van der Waals surface area contributed by atoms with Gasteiger partial charge < -0.3 is 9.84 Å². The molecule has 9 heteroatoms. The van der Waals surface area contributed by atoms with Crippen LogP contribution in [0.2, 0.25) is 0 Å². The summed E-state index contributed by atoms with van der Waals surface area (Å²) in [6, 6.07) is 14.0. The van der Waals surface area contributed by atoms with Crippen molar-refractivity contribution < 1.29 is 24.1 Å². The Morgan fingerprint density at radius 2 is 1.83 bits per heavy atom. The second kappa shape index (κ2) is 7.75. The van der Waals surface area contributed by atoms with E-state index in [1.165, 1.54) is 25.6 Å². The van der Waals surface area contributed by atoms with E-state index in [0.717, 1.165) is 0 Å². The van der Waals surface area contributed by atoms with Crippen LogP contribution in [0.5, 0.6) is 11.6 Å². The summed E-state index contributed by atoms with van der Waals surface area (Å²) >= 11 is 1.25. The van der Waals surface area contributed by atoms with Crippen LogP contribution < -0.4 is 19.4 Å². The first-order valence-electron chi connectivity index (χ1n) is 9.13. The summed E-state index contributed by atoms with van der Waals surface area (Å²) < 4.78 is 6.65. The third-order valence-corrected chi connectivity index (χ3v) is 5.22. The predicted molar refractivity (Wildman–Crippen MR) is 108 cm³/mol.